The number of thioether (sulfide) groups is 1. The van der Waals surface area contributed by atoms with Crippen molar-refractivity contribution in [2.24, 2.45) is 0 Å². The summed E-state index contributed by atoms with van der Waals surface area (Å²) < 4.78 is 2.20. The van der Waals surface area contributed by atoms with Gasteiger partial charge in [-0.3, -0.25) is 10.2 Å². The number of hydrogen-bond donors (Lipinski definition) is 2. The third-order valence-corrected chi connectivity index (χ3v) is 5.05. The average molecular weight is 359 g/mol. The molecule has 1 amide bonds. The Kier molecular flexibility index (Phi) is 4.22. The first-order valence-electron chi connectivity index (χ1n) is 8.26. The number of aromatic nitrogens is 1. The van der Waals surface area contributed by atoms with Gasteiger partial charge in [-0.1, -0.05) is 48.5 Å². The Morgan fingerprint density at radius 2 is 1.69 bits per heavy atom. The number of amides is 1. The van der Waals surface area contributed by atoms with Gasteiger partial charge >= 0.3 is 0 Å². The lowest BCUT2D eigenvalue weighted by atomic mass is 10.1. The lowest BCUT2D eigenvalue weighted by molar-refractivity contribution is -0.115. The summed E-state index contributed by atoms with van der Waals surface area (Å²) in [6.07, 6.45) is 1.87. The molecule has 4 rings (SSSR count). The van der Waals surface area contributed by atoms with Gasteiger partial charge < -0.3 is 9.88 Å². The second-order valence-electron chi connectivity index (χ2n) is 6.02. The van der Waals surface area contributed by atoms with Crippen LogP contribution in [0, 0.1) is 12.3 Å². The van der Waals surface area contributed by atoms with Crippen LogP contribution in [0.25, 0.3) is 23.0 Å². The second kappa shape index (κ2) is 6.69. The Morgan fingerprint density at radius 3 is 2.31 bits per heavy atom. The van der Waals surface area contributed by atoms with Gasteiger partial charge in [-0.2, -0.15) is 0 Å². The molecule has 0 bridgehead atoms. The number of carbonyl (C=O) groups is 1. The molecular formula is C21H17N3OS. The number of carbonyl (C=O) groups excluding carboxylic acids is 1. The molecule has 1 saturated heterocycles. The van der Waals surface area contributed by atoms with E-state index in [2.05, 4.69) is 47.1 Å². The molecule has 5 heteroatoms. The zero-order valence-corrected chi connectivity index (χ0v) is 15.0. The van der Waals surface area contributed by atoms with E-state index in [0.29, 0.717) is 4.91 Å². The van der Waals surface area contributed by atoms with Crippen LogP contribution in [0.1, 0.15) is 11.3 Å². The minimum Gasteiger partial charge on any atom is -0.313 e. The summed E-state index contributed by atoms with van der Waals surface area (Å²) in [6, 6.07) is 22.4. The standard InChI is InChI=1S/C21H17N3OS/c1-14-12-16(13-18-20(25)23-21(22)26-18)19(15-8-4-2-5-9-15)24(14)17-10-6-3-7-11-17/h2-13H,1H3,(H2,22,23,25)/b18-13+. The van der Waals surface area contributed by atoms with Crippen LogP contribution in [-0.2, 0) is 4.79 Å². The zero-order valence-electron chi connectivity index (χ0n) is 14.2. The Balaban J connectivity index is 1.94. The molecule has 0 unspecified atom stereocenters. The first-order chi connectivity index (χ1) is 12.6. The summed E-state index contributed by atoms with van der Waals surface area (Å²) in [4.78, 5) is 12.6. The van der Waals surface area contributed by atoms with Crippen molar-refractivity contribution < 1.29 is 4.79 Å². The molecule has 2 heterocycles. The maximum absolute atomic E-state index is 12.1. The molecule has 3 aromatic rings. The quantitative estimate of drug-likeness (QED) is 0.672. The molecule has 2 aromatic carbocycles. The SMILES string of the molecule is Cc1cc(/C=C2/SC(=N)NC2=O)c(-c2ccccc2)n1-c1ccccc1. The smallest absolute Gasteiger partial charge is 0.264 e. The number of aryl methyl sites for hydroxylation is 1. The molecule has 0 saturated carbocycles. The molecule has 26 heavy (non-hydrogen) atoms. The molecule has 1 fully saturated rings. The maximum atomic E-state index is 12.1. The van der Waals surface area contributed by atoms with Crippen LogP contribution >= 0.6 is 11.8 Å². The maximum Gasteiger partial charge on any atom is 0.264 e. The van der Waals surface area contributed by atoms with E-state index in [4.69, 9.17) is 5.41 Å². The summed E-state index contributed by atoms with van der Waals surface area (Å²) in [5, 5.41) is 10.4. The van der Waals surface area contributed by atoms with Gasteiger partial charge in [0.25, 0.3) is 5.91 Å². The second-order valence-corrected chi connectivity index (χ2v) is 7.07. The Morgan fingerprint density at radius 1 is 1.04 bits per heavy atom. The predicted octanol–water partition coefficient (Wildman–Crippen LogP) is 4.59. The summed E-state index contributed by atoms with van der Waals surface area (Å²) in [5.74, 6) is -0.218. The van der Waals surface area contributed by atoms with Crippen molar-refractivity contribution in [2.45, 2.75) is 6.92 Å². The van der Waals surface area contributed by atoms with E-state index in [1.807, 2.05) is 42.5 Å². The minimum absolute atomic E-state index is 0.168. The highest BCUT2D eigenvalue weighted by Gasteiger charge is 2.24. The summed E-state index contributed by atoms with van der Waals surface area (Å²) >= 11 is 1.16. The molecule has 0 spiro atoms. The van der Waals surface area contributed by atoms with Crippen LogP contribution in [0.3, 0.4) is 0 Å². The van der Waals surface area contributed by atoms with Crippen molar-refractivity contribution >= 4 is 28.9 Å². The van der Waals surface area contributed by atoms with E-state index in [-0.39, 0.29) is 11.1 Å². The lowest BCUT2D eigenvalue weighted by Gasteiger charge is -2.13. The summed E-state index contributed by atoms with van der Waals surface area (Å²) in [7, 11) is 0. The Hall–Kier alpha value is -3.05. The van der Waals surface area contributed by atoms with Crippen LogP contribution in [-0.4, -0.2) is 15.6 Å². The van der Waals surface area contributed by atoms with Crippen molar-refractivity contribution in [2.75, 3.05) is 0 Å². The first-order valence-corrected chi connectivity index (χ1v) is 9.08. The van der Waals surface area contributed by atoms with Gasteiger partial charge in [0, 0.05) is 16.9 Å². The number of rotatable bonds is 3. The number of nitrogens with zero attached hydrogens (tertiary/aromatic N) is 1. The third kappa shape index (κ3) is 2.97. The number of amidine groups is 1. The van der Waals surface area contributed by atoms with Crippen molar-refractivity contribution in [3.05, 3.63) is 82.9 Å². The third-order valence-electron chi connectivity index (χ3n) is 4.23. The van der Waals surface area contributed by atoms with Gasteiger partial charge in [0.2, 0.25) is 0 Å². The van der Waals surface area contributed by atoms with E-state index in [9.17, 15) is 4.79 Å². The van der Waals surface area contributed by atoms with Gasteiger partial charge in [0.05, 0.1) is 10.6 Å². The number of benzene rings is 2. The molecular weight excluding hydrogens is 342 g/mol. The zero-order chi connectivity index (χ0) is 18.1. The summed E-state index contributed by atoms with van der Waals surface area (Å²) in [6.45, 7) is 2.06. The molecule has 4 nitrogen and oxygen atoms in total. The van der Waals surface area contributed by atoms with Gasteiger partial charge in [0.15, 0.2) is 5.17 Å². The van der Waals surface area contributed by atoms with Crippen molar-refractivity contribution in [1.82, 2.24) is 9.88 Å². The molecule has 1 aromatic heterocycles. The molecule has 128 valence electrons. The van der Waals surface area contributed by atoms with E-state index in [1.54, 1.807) is 0 Å². The van der Waals surface area contributed by atoms with Crippen LogP contribution in [0.4, 0.5) is 0 Å². The van der Waals surface area contributed by atoms with Gasteiger partial charge in [0.1, 0.15) is 0 Å². The minimum atomic E-state index is -0.218. The molecule has 0 atom stereocenters. The average Bonchev–Trinajstić information content (AvgIpc) is 3.15. The molecule has 0 aliphatic carbocycles. The highest BCUT2D eigenvalue weighted by atomic mass is 32.2. The number of nitrogens with one attached hydrogen (secondary N) is 2. The highest BCUT2D eigenvalue weighted by Crippen LogP contribution is 2.34. The number of hydrogen-bond acceptors (Lipinski definition) is 3. The van der Waals surface area contributed by atoms with Gasteiger partial charge in [-0.15, -0.1) is 0 Å². The predicted molar refractivity (Wildman–Crippen MR) is 107 cm³/mol. The van der Waals surface area contributed by atoms with Crippen LogP contribution in [0.5, 0.6) is 0 Å². The highest BCUT2D eigenvalue weighted by molar-refractivity contribution is 8.18. The van der Waals surface area contributed by atoms with Crippen molar-refractivity contribution in [1.29, 1.82) is 5.41 Å². The fourth-order valence-corrected chi connectivity index (χ4v) is 3.85. The van der Waals surface area contributed by atoms with E-state index in [1.165, 1.54) is 0 Å². The van der Waals surface area contributed by atoms with Crippen LogP contribution < -0.4 is 5.32 Å². The molecule has 1 aliphatic heterocycles. The summed E-state index contributed by atoms with van der Waals surface area (Å²) in [5.41, 5.74) is 5.23. The van der Waals surface area contributed by atoms with Gasteiger partial charge in [-0.05, 0) is 48.5 Å². The van der Waals surface area contributed by atoms with Crippen LogP contribution in [0.15, 0.2) is 71.6 Å². The Labute approximate surface area is 156 Å². The monoisotopic (exact) mass is 359 g/mol. The Bertz CT molecular complexity index is 1020. The molecule has 2 N–H and O–H groups in total. The lowest BCUT2D eigenvalue weighted by Crippen LogP contribution is -2.18. The van der Waals surface area contributed by atoms with Crippen molar-refractivity contribution in [3.8, 4) is 16.9 Å². The molecule has 0 radical (unpaired) electrons. The van der Waals surface area contributed by atoms with Gasteiger partial charge in [-0.25, -0.2) is 0 Å². The fourth-order valence-electron chi connectivity index (χ4n) is 3.16. The fraction of sp³-hybridized carbons (Fsp3) is 0.0476. The number of para-hydroxylation sites is 1. The topological polar surface area (TPSA) is 57.9 Å². The van der Waals surface area contributed by atoms with E-state index in [0.717, 1.165) is 40.0 Å². The van der Waals surface area contributed by atoms with Crippen molar-refractivity contribution in [3.63, 3.8) is 0 Å². The first kappa shape index (κ1) is 16.4. The van der Waals surface area contributed by atoms with E-state index >= 15 is 0 Å². The largest absolute Gasteiger partial charge is 0.313 e. The van der Waals surface area contributed by atoms with Crippen LogP contribution in [0.2, 0.25) is 0 Å². The van der Waals surface area contributed by atoms with E-state index < -0.39 is 0 Å². The molecule has 1 aliphatic rings. The normalized spacial score (nSPS) is 15.5.